The molecule has 1 aromatic rings. The van der Waals surface area contributed by atoms with Gasteiger partial charge in [0.05, 0.1) is 15.6 Å². The first kappa shape index (κ1) is 21.8. The van der Waals surface area contributed by atoms with Gasteiger partial charge in [-0.25, -0.2) is 4.79 Å². The highest BCUT2D eigenvalue weighted by Crippen LogP contribution is 2.61. The second-order valence-electron chi connectivity index (χ2n) is 8.08. The van der Waals surface area contributed by atoms with E-state index in [0.717, 1.165) is 0 Å². The maximum atomic E-state index is 13.1. The molecule has 2 aliphatic carbocycles. The smallest absolute Gasteiger partial charge is 0.337 e. The normalized spacial score (nSPS) is 27.3. The van der Waals surface area contributed by atoms with Gasteiger partial charge in [0.1, 0.15) is 23.4 Å². The quantitative estimate of drug-likeness (QED) is 0.445. The highest BCUT2D eigenvalue weighted by Gasteiger charge is 2.61. The van der Waals surface area contributed by atoms with Crippen LogP contribution < -0.4 is 9.47 Å². The first-order valence-electron chi connectivity index (χ1n) is 10.3. The summed E-state index contributed by atoms with van der Waals surface area (Å²) >= 11 is 12.6. The fourth-order valence-electron chi connectivity index (χ4n) is 4.84. The third-order valence-corrected chi connectivity index (χ3v) is 6.85. The summed E-state index contributed by atoms with van der Waals surface area (Å²) in [7, 11) is 0. The Morgan fingerprint density at radius 3 is 2.64 bits per heavy atom. The summed E-state index contributed by atoms with van der Waals surface area (Å²) in [6.45, 7) is 2.63. The molecule has 1 saturated heterocycles. The van der Waals surface area contributed by atoms with E-state index in [-0.39, 0.29) is 10.8 Å². The number of benzene rings is 1. The lowest BCUT2D eigenvalue weighted by Gasteiger charge is -2.43. The molecule has 2 aliphatic heterocycles. The molecule has 0 saturated carbocycles. The first-order valence-corrected chi connectivity index (χ1v) is 11.1. The fraction of sp³-hybridized carbons (Fsp3) is 0.292. The van der Waals surface area contributed by atoms with E-state index in [9.17, 15) is 14.4 Å². The van der Waals surface area contributed by atoms with E-state index < -0.39 is 35.5 Å². The minimum atomic E-state index is -1.23. The Morgan fingerprint density at radius 1 is 1.12 bits per heavy atom. The summed E-state index contributed by atoms with van der Waals surface area (Å²) in [5.74, 6) is -0.895. The zero-order chi connectivity index (χ0) is 23.5. The van der Waals surface area contributed by atoms with Gasteiger partial charge < -0.3 is 18.9 Å². The summed E-state index contributed by atoms with van der Waals surface area (Å²) in [5.41, 5.74) is 0.319. The largest absolute Gasteiger partial charge is 0.458 e. The van der Waals surface area contributed by atoms with Crippen molar-refractivity contribution in [2.75, 3.05) is 0 Å². The third-order valence-electron chi connectivity index (χ3n) is 6.00. The molecule has 0 N–H and O–H groups in total. The number of fused-ring (bicyclic) bond motifs is 6. The second kappa shape index (κ2) is 7.78. The van der Waals surface area contributed by atoms with Crippen LogP contribution >= 0.6 is 23.2 Å². The van der Waals surface area contributed by atoms with Gasteiger partial charge in [0.2, 0.25) is 0 Å². The highest BCUT2D eigenvalue weighted by molar-refractivity contribution is 6.45. The molecule has 2 heterocycles. The molecule has 1 aromatic carbocycles. The molecule has 1 fully saturated rings. The fourth-order valence-corrected chi connectivity index (χ4v) is 5.31. The molecular formula is C24H18Cl2O7. The number of rotatable bonds is 2. The van der Waals surface area contributed by atoms with Crippen molar-refractivity contribution in [3.63, 3.8) is 0 Å². The van der Waals surface area contributed by atoms with Crippen molar-refractivity contribution in [2.45, 2.75) is 38.4 Å². The molecule has 3 unspecified atom stereocenters. The van der Waals surface area contributed by atoms with E-state index in [2.05, 4.69) is 0 Å². The Hall–Kier alpha value is -3.03. The van der Waals surface area contributed by atoms with Gasteiger partial charge in [-0.1, -0.05) is 35.4 Å². The van der Waals surface area contributed by atoms with Crippen LogP contribution in [0.1, 0.15) is 32.3 Å². The van der Waals surface area contributed by atoms with E-state index in [1.54, 1.807) is 30.4 Å². The summed E-state index contributed by atoms with van der Waals surface area (Å²) in [6, 6.07) is 4.90. The maximum Gasteiger partial charge on any atom is 0.337 e. The Bertz CT molecular complexity index is 1240. The summed E-state index contributed by atoms with van der Waals surface area (Å²) < 4.78 is 22.8. The van der Waals surface area contributed by atoms with Crippen LogP contribution in [0.15, 0.2) is 63.4 Å². The molecule has 170 valence electrons. The number of allylic oxidation sites excluding steroid dienone is 3. The number of ether oxygens (including phenoxy) is 4. The van der Waals surface area contributed by atoms with Gasteiger partial charge in [-0.15, -0.1) is 0 Å². The molecule has 1 spiro atoms. The van der Waals surface area contributed by atoms with Crippen molar-refractivity contribution < 1.29 is 33.3 Å². The van der Waals surface area contributed by atoms with Crippen LogP contribution in [0.4, 0.5) is 0 Å². The SMILES string of the molecule is CC(=O)Oc1ccc2c(c1)OC1=CC(OC(C)=O)CC=C1C21OC(=O)C2=C(Cl)C(Cl)=CCC21. The van der Waals surface area contributed by atoms with E-state index in [1.807, 2.05) is 6.08 Å². The van der Waals surface area contributed by atoms with Gasteiger partial charge in [-0.05, 0) is 24.6 Å². The number of hydrogen-bond acceptors (Lipinski definition) is 7. The second-order valence-corrected chi connectivity index (χ2v) is 8.86. The number of hydrogen-bond donors (Lipinski definition) is 0. The lowest BCUT2D eigenvalue weighted by molar-refractivity contribution is -0.146. The Morgan fingerprint density at radius 2 is 1.91 bits per heavy atom. The summed E-state index contributed by atoms with van der Waals surface area (Å²) in [5, 5.41) is 0.469. The molecule has 0 radical (unpaired) electrons. The standard InChI is InChI=1S/C24H18Cl2O7/c1-11(27)30-13-3-5-15-19(9-13)32-20-10-14(31-12(2)28)4-6-16(20)24(15)17-7-8-18(25)22(26)21(17)23(29)33-24/h3,5-6,8-10,14,17H,4,7H2,1-2H3. The van der Waals surface area contributed by atoms with Crippen LogP contribution in [-0.2, 0) is 29.5 Å². The van der Waals surface area contributed by atoms with Crippen molar-refractivity contribution in [3.05, 3.63) is 69.0 Å². The summed E-state index contributed by atoms with van der Waals surface area (Å²) in [6.07, 6.45) is 5.57. The molecule has 9 heteroatoms. The molecule has 4 aliphatic rings. The Balaban J connectivity index is 1.70. The molecule has 7 nitrogen and oxygen atoms in total. The maximum absolute atomic E-state index is 13.1. The van der Waals surface area contributed by atoms with E-state index in [4.69, 9.17) is 42.1 Å². The lowest BCUT2D eigenvalue weighted by Crippen LogP contribution is -2.41. The molecule has 0 aromatic heterocycles. The van der Waals surface area contributed by atoms with Crippen LogP contribution in [0.3, 0.4) is 0 Å². The average Bonchev–Trinajstić information content (AvgIpc) is 3.03. The van der Waals surface area contributed by atoms with Gasteiger partial charge in [0.15, 0.2) is 5.60 Å². The summed E-state index contributed by atoms with van der Waals surface area (Å²) in [4.78, 5) is 36.0. The third kappa shape index (κ3) is 3.38. The van der Waals surface area contributed by atoms with Gasteiger partial charge in [0, 0.05) is 43.4 Å². The average molecular weight is 489 g/mol. The van der Waals surface area contributed by atoms with Crippen molar-refractivity contribution in [3.8, 4) is 11.5 Å². The van der Waals surface area contributed by atoms with E-state index >= 15 is 0 Å². The monoisotopic (exact) mass is 488 g/mol. The molecule has 3 atom stereocenters. The van der Waals surface area contributed by atoms with Crippen LogP contribution in [0.5, 0.6) is 11.5 Å². The van der Waals surface area contributed by atoms with Gasteiger partial charge in [-0.2, -0.15) is 0 Å². The van der Waals surface area contributed by atoms with Gasteiger partial charge in [-0.3, -0.25) is 9.59 Å². The zero-order valence-corrected chi connectivity index (χ0v) is 19.2. The number of esters is 3. The van der Waals surface area contributed by atoms with Gasteiger partial charge in [0.25, 0.3) is 0 Å². The molecule has 0 bridgehead atoms. The highest BCUT2D eigenvalue weighted by atomic mass is 35.5. The molecule has 0 amide bonds. The van der Waals surface area contributed by atoms with Crippen molar-refractivity contribution in [1.29, 1.82) is 0 Å². The number of carbonyl (C=O) groups is 3. The first-order chi connectivity index (χ1) is 15.7. The van der Waals surface area contributed by atoms with Crippen LogP contribution in [-0.4, -0.2) is 24.0 Å². The lowest BCUT2D eigenvalue weighted by atomic mass is 9.68. The minimum absolute atomic E-state index is 0.166. The molecular weight excluding hydrogens is 471 g/mol. The topological polar surface area (TPSA) is 88.1 Å². The zero-order valence-electron chi connectivity index (χ0n) is 17.6. The van der Waals surface area contributed by atoms with Crippen molar-refractivity contribution in [2.24, 2.45) is 5.92 Å². The predicted octanol–water partition coefficient (Wildman–Crippen LogP) is 4.54. The minimum Gasteiger partial charge on any atom is -0.458 e. The van der Waals surface area contributed by atoms with E-state index in [1.165, 1.54) is 13.8 Å². The van der Waals surface area contributed by atoms with Crippen LogP contribution in [0.2, 0.25) is 0 Å². The number of carbonyl (C=O) groups excluding carboxylic acids is 3. The van der Waals surface area contributed by atoms with Crippen molar-refractivity contribution >= 4 is 41.1 Å². The molecule has 33 heavy (non-hydrogen) atoms. The predicted molar refractivity (Wildman–Crippen MR) is 117 cm³/mol. The molecule has 5 rings (SSSR count). The van der Waals surface area contributed by atoms with Crippen LogP contribution in [0.25, 0.3) is 0 Å². The van der Waals surface area contributed by atoms with Crippen molar-refractivity contribution in [1.82, 2.24) is 0 Å². The van der Waals surface area contributed by atoms with Gasteiger partial charge >= 0.3 is 17.9 Å². The Labute approximate surface area is 199 Å². The Kier molecular flexibility index (Phi) is 5.14. The number of halogens is 2. The van der Waals surface area contributed by atoms with E-state index in [0.29, 0.717) is 46.1 Å². The van der Waals surface area contributed by atoms with Crippen LogP contribution in [0, 0.1) is 5.92 Å².